The average molecular weight is 452 g/mol. The molecule has 0 N–H and O–H groups in total. The van der Waals surface area contributed by atoms with Crippen molar-refractivity contribution in [2.24, 2.45) is 9.98 Å². The Morgan fingerprint density at radius 1 is 1.09 bits per heavy atom. The first-order valence-corrected chi connectivity index (χ1v) is 11.5. The highest BCUT2D eigenvalue weighted by atomic mass is 32.2. The smallest absolute Gasteiger partial charge is 0.258 e. The topological polar surface area (TPSA) is 68.6 Å². The number of carbonyl (C=O) groups excluding carboxylic acids is 2. The summed E-state index contributed by atoms with van der Waals surface area (Å²) in [7, 11) is 0. The molecule has 1 atom stereocenters. The number of fused-ring (bicyclic) bond motifs is 3. The molecule has 2 aromatic rings. The number of rotatable bonds is 3. The van der Waals surface area contributed by atoms with Gasteiger partial charge in [0.1, 0.15) is 17.7 Å². The summed E-state index contributed by atoms with van der Waals surface area (Å²) >= 11 is 1.25. The second kappa shape index (κ2) is 8.38. The number of carbonyl (C=O) groups is 2. The molecule has 3 aliphatic heterocycles. The number of anilines is 1. The van der Waals surface area contributed by atoms with Crippen molar-refractivity contribution in [2.75, 3.05) is 36.8 Å². The Hall–Kier alpha value is -3.20. The van der Waals surface area contributed by atoms with Gasteiger partial charge in [0.2, 0.25) is 5.91 Å². The number of halogens is 1. The number of amidine groups is 2. The summed E-state index contributed by atoms with van der Waals surface area (Å²) in [5.74, 6) is 0.364. The molecule has 164 valence electrons. The number of thioether (sulfide) groups is 1. The van der Waals surface area contributed by atoms with E-state index in [0.717, 1.165) is 11.3 Å². The Balaban J connectivity index is 1.25. The van der Waals surface area contributed by atoms with Crippen LogP contribution in [-0.4, -0.2) is 70.6 Å². The van der Waals surface area contributed by atoms with E-state index in [9.17, 15) is 14.0 Å². The molecule has 2 amide bonds. The van der Waals surface area contributed by atoms with E-state index < -0.39 is 6.04 Å². The zero-order chi connectivity index (χ0) is 22.2. The van der Waals surface area contributed by atoms with Crippen molar-refractivity contribution in [3.63, 3.8) is 0 Å². The third kappa shape index (κ3) is 3.66. The predicted molar refractivity (Wildman–Crippen MR) is 124 cm³/mol. The number of benzene rings is 2. The third-order valence-electron chi connectivity index (χ3n) is 5.81. The van der Waals surface area contributed by atoms with Gasteiger partial charge in [-0.2, -0.15) is 0 Å². The Labute approximate surface area is 189 Å². The zero-order valence-electron chi connectivity index (χ0n) is 17.6. The normalized spacial score (nSPS) is 20.0. The minimum atomic E-state index is -0.468. The van der Waals surface area contributed by atoms with E-state index in [2.05, 4.69) is 9.98 Å². The van der Waals surface area contributed by atoms with Gasteiger partial charge in [-0.15, -0.1) is 0 Å². The Bertz CT molecular complexity index is 1140. The third-order valence-corrected chi connectivity index (χ3v) is 6.73. The summed E-state index contributed by atoms with van der Waals surface area (Å²) in [5, 5.41) is 0.482. The van der Waals surface area contributed by atoms with Crippen LogP contribution in [0.5, 0.6) is 0 Å². The van der Waals surface area contributed by atoms with Crippen LogP contribution in [0, 0.1) is 5.82 Å². The molecule has 0 spiro atoms. The molecule has 7 nitrogen and oxygen atoms in total. The summed E-state index contributed by atoms with van der Waals surface area (Å²) < 4.78 is 14.0. The molecule has 0 aromatic heterocycles. The lowest BCUT2D eigenvalue weighted by Crippen LogP contribution is -2.50. The van der Waals surface area contributed by atoms with Crippen LogP contribution in [0.2, 0.25) is 0 Å². The second-order valence-corrected chi connectivity index (χ2v) is 8.76. The first kappa shape index (κ1) is 20.7. The van der Waals surface area contributed by atoms with Crippen molar-refractivity contribution in [1.82, 2.24) is 9.80 Å². The lowest BCUT2D eigenvalue weighted by atomic mass is 10.1. The van der Waals surface area contributed by atoms with Crippen LogP contribution >= 0.6 is 11.8 Å². The summed E-state index contributed by atoms with van der Waals surface area (Å²) in [4.78, 5) is 40.0. The molecule has 0 radical (unpaired) electrons. The van der Waals surface area contributed by atoms with Crippen LogP contribution < -0.4 is 4.90 Å². The summed E-state index contributed by atoms with van der Waals surface area (Å²) in [5.41, 5.74) is 2.14. The highest BCUT2D eigenvalue weighted by Crippen LogP contribution is 2.33. The van der Waals surface area contributed by atoms with Crippen LogP contribution in [0.4, 0.5) is 15.8 Å². The lowest BCUT2D eigenvalue weighted by Gasteiger charge is -2.36. The molecule has 5 rings (SSSR count). The Morgan fingerprint density at radius 3 is 2.59 bits per heavy atom. The van der Waals surface area contributed by atoms with Gasteiger partial charge in [-0.05, 0) is 31.2 Å². The van der Waals surface area contributed by atoms with Gasteiger partial charge < -0.3 is 9.80 Å². The van der Waals surface area contributed by atoms with Crippen molar-refractivity contribution in [1.29, 1.82) is 0 Å². The molecule has 3 heterocycles. The van der Waals surface area contributed by atoms with Crippen LogP contribution in [0.25, 0.3) is 0 Å². The molecule has 1 unspecified atom stereocenters. The minimum Gasteiger partial charge on any atom is -0.366 e. The standard InChI is InChI=1S/C23H22FN5O2S/c1-15-22(31)29-21(25-15)16-6-2-4-8-18(16)26-23(29)32-14-20(30)28-12-10-27(11-13-28)19-9-5-3-7-17(19)24/h2-9,15H,10-14H2,1H3. The van der Waals surface area contributed by atoms with Gasteiger partial charge in [0.05, 0.1) is 17.1 Å². The van der Waals surface area contributed by atoms with E-state index in [1.54, 1.807) is 24.0 Å². The van der Waals surface area contributed by atoms with Gasteiger partial charge >= 0.3 is 0 Å². The highest BCUT2D eigenvalue weighted by Gasteiger charge is 2.39. The molecule has 2 aromatic carbocycles. The van der Waals surface area contributed by atoms with Gasteiger partial charge in [0.15, 0.2) is 5.17 Å². The van der Waals surface area contributed by atoms with Crippen molar-refractivity contribution < 1.29 is 14.0 Å². The predicted octanol–water partition coefficient (Wildman–Crippen LogP) is 2.89. The first-order valence-electron chi connectivity index (χ1n) is 10.5. The molecule has 0 saturated carbocycles. The Kier molecular flexibility index (Phi) is 5.42. The molecule has 1 fully saturated rings. The first-order chi connectivity index (χ1) is 15.5. The van der Waals surface area contributed by atoms with Crippen molar-refractivity contribution in [2.45, 2.75) is 13.0 Å². The second-order valence-electron chi connectivity index (χ2n) is 7.82. The number of amides is 2. The monoisotopic (exact) mass is 451 g/mol. The van der Waals surface area contributed by atoms with Crippen LogP contribution in [0.1, 0.15) is 12.5 Å². The van der Waals surface area contributed by atoms with Crippen molar-refractivity contribution >= 4 is 46.0 Å². The van der Waals surface area contributed by atoms with E-state index in [1.165, 1.54) is 22.7 Å². The molecule has 32 heavy (non-hydrogen) atoms. The number of hydrogen-bond acceptors (Lipinski definition) is 6. The molecular weight excluding hydrogens is 429 g/mol. The van der Waals surface area contributed by atoms with E-state index >= 15 is 0 Å². The zero-order valence-corrected chi connectivity index (χ0v) is 18.4. The fraction of sp³-hybridized carbons (Fsp3) is 0.304. The number of piperazine rings is 1. The maximum absolute atomic E-state index is 14.0. The summed E-state index contributed by atoms with van der Waals surface area (Å²) in [6, 6.07) is 13.8. The van der Waals surface area contributed by atoms with Crippen molar-refractivity contribution in [3.05, 3.63) is 59.9 Å². The largest absolute Gasteiger partial charge is 0.366 e. The summed E-state index contributed by atoms with van der Waals surface area (Å²) in [6.45, 7) is 3.96. The fourth-order valence-electron chi connectivity index (χ4n) is 4.10. The van der Waals surface area contributed by atoms with E-state index in [4.69, 9.17) is 0 Å². The molecular formula is C23H22FN5O2S. The maximum atomic E-state index is 14.0. The van der Waals surface area contributed by atoms with E-state index in [-0.39, 0.29) is 23.4 Å². The van der Waals surface area contributed by atoms with Gasteiger partial charge in [-0.25, -0.2) is 14.3 Å². The molecule has 1 saturated heterocycles. The van der Waals surface area contributed by atoms with Crippen molar-refractivity contribution in [3.8, 4) is 0 Å². The number of nitrogens with zero attached hydrogens (tertiary/aromatic N) is 5. The summed E-state index contributed by atoms with van der Waals surface area (Å²) in [6.07, 6.45) is 0. The van der Waals surface area contributed by atoms with E-state index in [0.29, 0.717) is 42.9 Å². The number of hydrogen-bond donors (Lipinski definition) is 0. The number of para-hydroxylation sites is 2. The molecule has 0 bridgehead atoms. The van der Waals surface area contributed by atoms with Gasteiger partial charge in [0.25, 0.3) is 5.91 Å². The van der Waals surface area contributed by atoms with Crippen LogP contribution in [-0.2, 0) is 9.59 Å². The fourth-order valence-corrected chi connectivity index (χ4v) is 5.00. The van der Waals surface area contributed by atoms with Crippen LogP contribution in [0.3, 0.4) is 0 Å². The minimum absolute atomic E-state index is 0.0251. The quantitative estimate of drug-likeness (QED) is 0.720. The maximum Gasteiger partial charge on any atom is 0.258 e. The Morgan fingerprint density at radius 2 is 1.81 bits per heavy atom. The molecule has 0 aliphatic carbocycles. The molecule has 9 heteroatoms. The lowest BCUT2D eigenvalue weighted by molar-refractivity contribution is -0.128. The van der Waals surface area contributed by atoms with E-state index in [1.807, 2.05) is 35.2 Å². The average Bonchev–Trinajstić information content (AvgIpc) is 3.12. The van der Waals surface area contributed by atoms with Gasteiger partial charge in [-0.1, -0.05) is 36.0 Å². The van der Waals surface area contributed by atoms with Gasteiger partial charge in [-0.3, -0.25) is 14.6 Å². The van der Waals surface area contributed by atoms with Gasteiger partial charge in [0, 0.05) is 31.7 Å². The van der Waals surface area contributed by atoms with Crippen LogP contribution in [0.15, 0.2) is 58.5 Å². The highest BCUT2D eigenvalue weighted by molar-refractivity contribution is 8.14. The molecule has 3 aliphatic rings. The SMILES string of the molecule is CC1N=C2c3ccccc3N=C(SCC(=O)N3CCN(c4ccccc4F)CC3)N2C1=O. The number of aliphatic imine (C=N–C) groups is 2.